The molecule has 0 aromatic heterocycles. The molecule has 0 N–H and O–H groups in total. The fourth-order valence-corrected chi connectivity index (χ4v) is 1.28. The van der Waals surface area contributed by atoms with Gasteiger partial charge in [-0.1, -0.05) is 6.92 Å². The zero-order valence-electron chi connectivity index (χ0n) is 6.67. The van der Waals surface area contributed by atoms with E-state index in [1.54, 1.807) is 0 Å². The van der Waals surface area contributed by atoms with Gasteiger partial charge in [-0.25, -0.2) is 0 Å². The molecular weight excluding hydrogens is 140 g/mol. The lowest BCUT2D eigenvalue weighted by Gasteiger charge is -2.01. The molecule has 0 bridgehead atoms. The van der Waals surface area contributed by atoms with Gasteiger partial charge in [0.2, 0.25) is 0 Å². The van der Waals surface area contributed by atoms with Crippen LogP contribution in [-0.2, 0) is 9.53 Å². The predicted molar refractivity (Wildman–Crippen MR) is 41.7 cm³/mol. The molecule has 2 heteroatoms. The standard InChI is InChI=1S/C9H12O2/c1-3-5-7-6-8(4-2)11-9(7)10/h1,7-8H,4-6H2,2H3/t7-,8-/m1/s1. The molecule has 0 aromatic carbocycles. The van der Waals surface area contributed by atoms with Crippen LogP contribution < -0.4 is 0 Å². The molecule has 2 nitrogen and oxygen atoms in total. The van der Waals surface area contributed by atoms with E-state index in [0.29, 0.717) is 6.42 Å². The summed E-state index contributed by atoms with van der Waals surface area (Å²) in [6.45, 7) is 2.01. The molecule has 1 saturated heterocycles. The van der Waals surface area contributed by atoms with E-state index in [2.05, 4.69) is 5.92 Å². The van der Waals surface area contributed by atoms with Crippen LogP contribution in [0.5, 0.6) is 0 Å². The van der Waals surface area contributed by atoms with E-state index in [-0.39, 0.29) is 18.0 Å². The van der Waals surface area contributed by atoms with Crippen LogP contribution in [-0.4, -0.2) is 12.1 Å². The van der Waals surface area contributed by atoms with Crippen molar-refractivity contribution in [3.63, 3.8) is 0 Å². The Labute approximate surface area is 66.9 Å². The van der Waals surface area contributed by atoms with E-state index in [1.165, 1.54) is 0 Å². The van der Waals surface area contributed by atoms with Crippen molar-refractivity contribution in [3.05, 3.63) is 0 Å². The summed E-state index contributed by atoms with van der Waals surface area (Å²) in [5.74, 6) is 2.33. The van der Waals surface area contributed by atoms with Crippen molar-refractivity contribution < 1.29 is 9.53 Å². The first-order valence-electron chi connectivity index (χ1n) is 3.91. The van der Waals surface area contributed by atoms with Gasteiger partial charge in [0.15, 0.2) is 0 Å². The van der Waals surface area contributed by atoms with Gasteiger partial charge in [0.1, 0.15) is 6.10 Å². The van der Waals surface area contributed by atoms with Crippen molar-refractivity contribution in [3.8, 4) is 12.3 Å². The predicted octanol–water partition coefficient (Wildman–Crippen LogP) is 1.35. The quantitative estimate of drug-likeness (QED) is 0.441. The van der Waals surface area contributed by atoms with Crippen molar-refractivity contribution in [2.24, 2.45) is 5.92 Å². The van der Waals surface area contributed by atoms with E-state index in [0.717, 1.165) is 12.8 Å². The van der Waals surface area contributed by atoms with Crippen molar-refractivity contribution in [2.45, 2.75) is 32.3 Å². The van der Waals surface area contributed by atoms with Gasteiger partial charge < -0.3 is 4.74 Å². The SMILES string of the molecule is C#CC[C@@H]1C[C@@H](CC)OC1=O. The van der Waals surface area contributed by atoms with Crippen molar-refractivity contribution in [1.29, 1.82) is 0 Å². The topological polar surface area (TPSA) is 26.3 Å². The first-order chi connectivity index (χ1) is 5.27. The maximum absolute atomic E-state index is 11.0. The zero-order valence-corrected chi connectivity index (χ0v) is 6.67. The summed E-state index contributed by atoms with van der Waals surface area (Å²) in [6, 6.07) is 0. The second-order valence-electron chi connectivity index (χ2n) is 2.81. The molecular formula is C9H12O2. The third kappa shape index (κ3) is 1.74. The molecule has 0 aromatic rings. The molecule has 60 valence electrons. The van der Waals surface area contributed by atoms with E-state index >= 15 is 0 Å². The third-order valence-electron chi connectivity index (χ3n) is 1.98. The average Bonchev–Trinajstić information content (AvgIpc) is 2.33. The number of rotatable bonds is 2. The van der Waals surface area contributed by atoms with Gasteiger partial charge >= 0.3 is 5.97 Å². The number of hydrogen-bond donors (Lipinski definition) is 0. The summed E-state index contributed by atoms with van der Waals surface area (Å²) < 4.78 is 5.04. The lowest BCUT2D eigenvalue weighted by atomic mass is 10.0. The van der Waals surface area contributed by atoms with Crippen LogP contribution >= 0.6 is 0 Å². The molecule has 0 unspecified atom stereocenters. The molecule has 0 radical (unpaired) electrons. The van der Waals surface area contributed by atoms with Crippen molar-refractivity contribution in [2.75, 3.05) is 0 Å². The number of esters is 1. The Balaban J connectivity index is 2.46. The summed E-state index contributed by atoms with van der Waals surface area (Å²) in [6.07, 6.45) is 7.44. The van der Waals surface area contributed by atoms with Gasteiger partial charge in [-0.3, -0.25) is 4.79 Å². The lowest BCUT2D eigenvalue weighted by Crippen LogP contribution is -2.06. The van der Waals surface area contributed by atoms with Crippen molar-refractivity contribution >= 4 is 5.97 Å². The molecule has 2 atom stereocenters. The minimum atomic E-state index is -0.116. The second kappa shape index (κ2) is 3.43. The number of terminal acetylenes is 1. The minimum Gasteiger partial charge on any atom is -0.462 e. The minimum absolute atomic E-state index is 0.0371. The van der Waals surface area contributed by atoms with Crippen LogP contribution in [0.2, 0.25) is 0 Å². The monoisotopic (exact) mass is 152 g/mol. The first kappa shape index (κ1) is 8.13. The Hall–Kier alpha value is -0.970. The van der Waals surface area contributed by atoms with Gasteiger partial charge in [-0.05, 0) is 12.8 Å². The molecule has 1 aliphatic rings. The largest absolute Gasteiger partial charge is 0.462 e. The molecule has 1 fully saturated rings. The number of ether oxygens (including phenoxy) is 1. The van der Waals surface area contributed by atoms with Gasteiger partial charge in [0.05, 0.1) is 5.92 Å². The van der Waals surface area contributed by atoms with Gasteiger partial charge in [0.25, 0.3) is 0 Å². The number of carbonyl (C=O) groups is 1. The highest BCUT2D eigenvalue weighted by Gasteiger charge is 2.32. The number of carbonyl (C=O) groups excluding carboxylic acids is 1. The first-order valence-corrected chi connectivity index (χ1v) is 3.91. The summed E-state index contributed by atoms with van der Waals surface area (Å²) in [5, 5.41) is 0. The maximum atomic E-state index is 11.0. The number of cyclic esters (lactones) is 1. The summed E-state index contributed by atoms with van der Waals surface area (Å²) >= 11 is 0. The zero-order chi connectivity index (χ0) is 8.27. The fraction of sp³-hybridized carbons (Fsp3) is 0.667. The molecule has 1 aliphatic heterocycles. The molecule has 0 aliphatic carbocycles. The molecule has 0 spiro atoms. The number of hydrogen-bond acceptors (Lipinski definition) is 2. The Morgan fingerprint density at radius 2 is 2.55 bits per heavy atom. The highest BCUT2D eigenvalue weighted by atomic mass is 16.5. The molecule has 0 saturated carbocycles. The van der Waals surface area contributed by atoms with Gasteiger partial charge in [-0.2, -0.15) is 0 Å². The van der Waals surface area contributed by atoms with Gasteiger partial charge in [0, 0.05) is 6.42 Å². The normalized spacial score (nSPS) is 29.6. The molecule has 1 rings (SSSR count). The summed E-state index contributed by atoms with van der Waals surface area (Å²) in [4.78, 5) is 11.0. The molecule has 1 heterocycles. The highest BCUT2D eigenvalue weighted by molar-refractivity contribution is 5.74. The second-order valence-corrected chi connectivity index (χ2v) is 2.81. The van der Waals surface area contributed by atoms with Crippen LogP contribution in [0.4, 0.5) is 0 Å². The molecule has 0 amide bonds. The van der Waals surface area contributed by atoms with Crippen LogP contribution in [0.1, 0.15) is 26.2 Å². The van der Waals surface area contributed by atoms with E-state index in [9.17, 15) is 4.79 Å². The van der Waals surface area contributed by atoms with Gasteiger partial charge in [-0.15, -0.1) is 12.3 Å². The smallest absolute Gasteiger partial charge is 0.310 e. The highest BCUT2D eigenvalue weighted by Crippen LogP contribution is 2.25. The van der Waals surface area contributed by atoms with Crippen LogP contribution in [0.3, 0.4) is 0 Å². The Morgan fingerprint density at radius 3 is 3.00 bits per heavy atom. The fourth-order valence-electron chi connectivity index (χ4n) is 1.28. The van der Waals surface area contributed by atoms with Crippen LogP contribution in [0.25, 0.3) is 0 Å². The van der Waals surface area contributed by atoms with Crippen LogP contribution in [0, 0.1) is 18.3 Å². The molecule has 11 heavy (non-hydrogen) atoms. The van der Waals surface area contributed by atoms with Crippen LogP contribution in [0.15, 0.2) is 0 Å². The third-order valence-corrected chi connectivity index (χ3v) is 1.98. The Kier molecular flexibility index (Phi) is 2.53. The Bertz CT molecular complexity index is 190. The summed E-state index contributed by atoms with van der Waals surface area (Å²) in [7, 11) is 0. The van der Waals surface area contributed by atoms with Crippen molar-refractivity contribution in [1.82, 2.24) is 0 Å². The maximum Gasteiger partial charge on any atom is 0.310 e. The lowest BCUT2D eigenvalue weighted by molar-refractivity contribution is -0.144. The van der Waals surface area contributed by atoms with E-state index < -0.39 is 0 Å². The van der Waals surface area contributed by atoms with E-state index in [1.807, 2.05) is 6.92 Å². The van der Waals surface area contributed by atoms with E-state index in [4.69, 9.17) is 11.2 Å². The Morgan fingerprint density at radius 1 is 1.82 bits per heavy atom. The summed E-state index contributed by atoms with van der Waals surface area (Å²) in [5.41, 5.74) is 0. The average molecular weight is 152 g/mol.